The molecule has 0 aromatic heterocycles. The maximum absolute atomic E-state index is 10.9. The molecule has 4 nitrogen and oxygen atoms in total. The molecule has 0 aliphatic carbocycles. The highest BCUT2D eigenvalue weighted by molar-refractivity contribution is 14.1. The van der Waals surface area contributed by atoms with Crippen LogP contribution < -0.4 is 9.47 Å². The van der Waals surface area contributed by atoms with Gasteiger partial charge in [0.15, 0.2) is 6.29 Å². The molecule has 0 amide bonds. The summed E-state index contributed by atoms with van der Waals surface area (Å²) in [7, 11) is 1.53. The minimum Gasteiger partial charge on any atom is -0.495 e. The summed E-state index contributed by atoms with van der Waals surface area (Å²) in [4.78, 5) is 21.8. The van der Waals surface area contributed by atoms with Crippen LogP contribution in [0.25, 0.3) is 0 Å². The molecule has 0 saturated heterocycles. The first-order valence-electron chi connectivity index (χ1n) is 4.52. The van der Waals surface area contributed by atoms with Crippen molar-refractivity contribution in [2.75, 3.05) is 7.11 Å². The SMILES string of the molecule is COc1c(I)cc(C=O)c(OC(C)=O)c1C. The number of hydrogen-bond donors (Lipinski definition) is 0. The topological polar surface area (TPSA) is 52.6 Å². The molecule has 0 N–H and O–H groups in total. The highest BCUT2D eigenvalue weighted by Gasteiger charge is 2.16. The van der Waals surface area contributed by atoms with Crippen LogP contribution in [0.4, 0.5) is 0 Å². The maximum Gasteiger partial charge on any atom is 0.308 e. The molecule has 0 aliphatic heterocycles. The van der Waals surface area contributed by atoms with Crippen LogP contribution in [-0.2, 0) is 4.79 Å². The van der Waals surface area contributed by atoms with Crippen LogP contribution in [-0.4, -0.2) is 19.4 Å². The van der Waals surface area contributed by atoms with Gasteiger partial charge in [-0.25, -0.2) is 0 Å². The van der Waals surface area contributed by atoms with Crippen LogP contribution in [0.1, 0.15) is 22.8 Å². The summed E-state index contributed by atoms with van der Waals surface area (Å²) in [6.07, 6.45) is 0.660. The van der Waals surface area contributed by atoms with E-state index in [0.29, 0.717) is 23.2 Å². The van der Waals surface area contributed by atoms with Crippen LogP contribution in [0.3, 0.4) is 0 Å². The van der Waals surface area contributed by atoms with E-state index in [0.717, 1.165) is 3.57 Å². The van der Waals surface area contributed by atoms with Crippen LogP contribution in [0.15, 0.2) is 6.07 Å². The van der Waals surface area contributed by atoms with Crippen molar-refractivity contribution in [1.29, 1.82) is 0 Å². The van der Waals surface area contributed by atoms with Crippen LogP contribution >= 0.6 is 22.6 Å². The number of ether oxygens (including phenoxy) is 2. The van der Waals surface area contributed by atoms with Gasteiger partial charge in [-0.15, -0.1) is 0 Å². The van der Waals surface area contributed by atoms with Crippen LogP contribution in [0, 0.1) is 10.5 Å². The number of halogens is 1. The quantitative estimate of drug-likeness (QED) is 0.369. The number of methoxy groups -OCH3 is 1. The van der Waals surface area contributed by atoms with Gasteiger partial charge in [-0.3, -0.25) is 9.59 Å². The van der Waals surface area contributed by atoms with Crippen molar-refractivity contribution >= 4 is 34.8 Å². The van der Waals surface area contributed by atoms with Gasteiger partial charge in [-0.2, -0.15) is 0 Å². The van der Waals surface area contributed by atoms with E-state index in [1.165, 1.54) is 14.0 Å². The average Bonchev–Trinajstić information content (AvgIpc) is 2.22. The van der Waals surface area contributed by atoms with E-state index in [9.17, 15) is 9.59 Å². The van der Waals surface area contributed by atoms with Crippen molar-refractivity contribution < 1.29 is 19.1 Å². The molecule has 0 bridgehead atoms. The van der Waals surface area contributed by atoms with Gasteiger partial charge in [-0.05, 0) is 35.6 Å². The van der Waals surface area contributed by atoms with Gasteiger partial charge >= 0.3 is 5.97 Å². The summed E-state index contributed by atoms with van der Waals surface area (Å²) < 4.78 is 11.0. The molecular weight excluding hydrogens is 323 g/mol. The predicted octanol–water partition coefficient (Wildman–Crippen LogP) is 2.35. The standard InChI is InChI=1S/C11H11IO4/c1-6-10(16-7(2)14)8(5-13)4-9(12)11(6)15-3/h4-5H,1-3H3. The summed E-state index contributed by atoms with van der Waals surface area (Å²) in [5.74, 6) is 0.414. The molecule has 5 heteroatoms. The number of aldehydes is 1. The fraction of sp³-hybridized carbons (Fsp3) is 0.273. The zero-order chi connectivity index (χ0) is 12.3. The monoisotopic (exact) mass is 334 g/mol. The van der Waals surface area contributed by atoms with E-state index in [-0.39, 0.29) is 5.75 Å². The third kappa shape index (κ3) is 2.52. The molecule has 0 fully saturated rings. The Labute approximate surface area is 107 Å². The van der Waals surface area contributed by atoms with Gasteiger partial charge in [-0.1, -0.05) is 0 Å². The Morgan fingerprint density at radius 3 is 2.50 bits per heavy atom. The third-order valence-electron chi connectivity index (χ3n) is 2.02. The van der Waals surface area contributed by atoms with Crippen molar-refractivity contribution in [3.05, 3.63) is 20.8 Å². The lowest BCUT2D eigenvalue weighted by molar-refractivity contribution is -0.131. The Bertz CT molecular complexity index is 440. The third-order valence-corrected chi connectivity index (χ3v) is 2.82. The number of benzene rings is 1. The molecule has 0 unspecified atom stereocenters. The van der Waals surface area contributed by atoms with E-state index in [1.807, 2.05) is 0 Å². The summed E-state index contributed by atoms with van der Waals surface area (Å²) >= 11 is 2.06. The molecule has 16 heavy (non-hydrogen) atoms. The zero-order valence-electron chi connectivity index (χ0n) is 9.17. The number of rotatable bonds is 3. The van der Waals surface area contributed by atoms with E-state index in [2.05, 4.69) is 22.6 Å². The Morgan fingerprint density at radius 2 is 2.06 bits per heavy atom. The normalized spacial score (nSPS) is 9.75. The molecule has 0 heterocycles. The zero-order valence-corrected chi connectivity index (χ0v) is 11.3. The second-order valence-electron chi connectivity index (χ2n) is 3.15. The Balaban J connectivity index is 3.42. The lowest BCUT2D eigenvalue weighted by Gasteiger charge is -2.13. The first-order valence-corrected chi connectivity index (χ1v) is 5.59. The second kappa shape index (κ2) is 5.29. The molecule has 1 rings (SSSR count). The van der Waals surface area contributed by atoms with Gasteiger partial charge in [0, 0.05) is 12.5 Å². The number of carbonyl (C=O) groups is 2. The molecule has 86 valence electrons. The van der Waals surface area contributed by atoms with E-state index >= 15 is 0 Å². The number of hydrogen-bond acceptors (Lipinski definition) is 4. The molecule has 0 spiro atoms. The molecule has 0 aliphatic rings. The predicted molar refractivity (Wildman–Crippen MR) is 67.1 cm³/mol. The number of esters is 1. The van der Waals surface area contributed by atoms with Gasteiger partial charge in [0.2, 0.25) is 0 Å². The Kier molecular flexibility index (Phi) is 4.28. The van der Waals surface area contributed by atoms with Crippen LogP contribution in [0.2, 0.25) is 0 Å². The highest BCUT2D eigenvalue weighted by atomic mass is 127. The second-order valence-corrected chi connectivity index (χ2v) is 4.31. The summed E-state index contributed by atoms with van der Waals surface area (Å²) in [5, 5.41) is 0. The van der Waals surface area contributed by atoms with Gasteiger partial charge in [0.25, 0.3) is 0 Å². The fourth-order valence-electron chi connectivity index (χ4n) is 1.38. The van der Waals surface area contributed by atoms with Crippen molar-refractivity contribution in [1.82, 2.24) is 0 Å². The summed E-state index contributed by atoms with van der Waals surface area (Å²) in [6, 6.07) is 1.62. The van der Waals surface area contributed by atoms with E-state index < -0.39 is 5.97 Å². The fourth-order valence-corrected chi connectivity index (χ4v) is 2.34. The lowest BCUT2D eigenvalue weighted by Crippen LogP contribution is -2.07. The molecule has 1 aromatic rings. The largest absolute Gasteiger partial charge is 0.495 e. The smallest absolute Gasteiger partial charge is 0.308 e. The molecule has 0 radical (unpaired) electrons. The maximum atomic E-state index is 10.9. The van der Waals surface area contributed by atoms with Crippen molar-refractivity contribution in [2.24, 2.45) is 0 Å². The Hall–Kier alpha value is -1.11. The lowest BCUT2D eigenvalue weighted by atomic mass is 10.1. The molecule has 1 aromatic carbocycles. The number of carbonyl (C=O) groups excluding carboxylic acids is 2. The van der Waals surface area contributed by atoms with Crippen molar-refractivity contribution in [3.8, 4) is 11.5 Å². The minimum absolute atomic E-state index is 0.264. The first kappa shape index (κ1) is 13.0. The van der Waals surface area contributed by atoms with Gasteiger partial charge in [0.1, 0.15) is 11.5 Å². The van der Waals surface area contributed by atoms with Gasteiger partial charge < -0.3 is 9.47 Å². The minimum atomic E-state index is -0.463. The Morgan fingerprint density at radius 1 is 1.44 bits per heavy atom. The molecule has 0 atom stereocenters. The average molecular weight is 334 g/mol. The van der Waals surface area contributed by atoms with Crippen LogP contribution in [0.5, 0.6) is 11.5 Å². The first-order chi connectivity index (χ1) is 7.51. The summed E-state index contributed by atoms with van der Waals surface area (Å²) in [5.41, 5.74) is 0.990. The van der Waals surface area contributed by atoms with Crippen molar-refractivity contribution in [3.63, 3.8) is 0 Å². The van der Waals surface area contributed by atoms with Crippen molar-refractivity contribution in [2.45, 2.75) is 13.8 Å². The molecular formula is C11H11IO4. The summed E-state index contributed by atoms with van der Waals surface area (Å²) in [6.45, 7) is 3.03. The van der Waals surface area contributed by atoms with E-state index in [1.54, 1.807) is 13.0 Å². The van der Waals surface area contributed by atoms with Gasteiger partial charge in [0.05, 0.1) is 16.2 Å². The molecule has 0 saturated carbocycles. The van der Waals surface area contributed by atoms with E-state index in [4.69, 9.17) is 9.47 Å². The highest BCUT2D eigenvalue weighted by Crippen LogP contribution is 2.35.